The second kappa shape index (κ2) is 3.85. The summed E-state index contributed by atoms with van der Waals surface area (Å²) in [5.41, 5.74) is 0. The fourth-order valence-electron chi connectivity index (χ4n) is 1.24. The van der Waals surface area contributed by atoms with Crippen molar-refractivity contribution in [3.8, 4) is 0 Å². The minimum Gasteiger partial charge on any atom is -0.481 e. The molecule has 1 atom stereocenters. The maximum atomic E-state index is 10.6. The van der Waals surface area contributed by atoms with Crippen LogP contribution in [0.15, 0.2) is 24.3 Å². The Bertz CT molecular complexity index is 228. The molecule has 3 nitrogen and oxygen atoms in total. The van der Waals surface area contributed by atoms with Crippen LogP contribution >= 0.6 is 0 Å². The first-order chi connectivity index (χ1) is 5.75. The zero-order valence-corrected chi connectivity index (χ0v) is 6.51. The Balaban J connectivity index is 2.64. The van der Waals surface area contributed by atoms with Crippen LogP contribution in [-0.4, -0.2) is 17.4 Å². The SMILES string of the molecule is O=CCC(C(=O)O)C1C=CC=C1. The van der Waals surface area contributed by atoms with E-state index in [0.29, 0.717) is 6.29 Å². The van der Waals surface area contributed by atoms with Gasteiger partial charge in [-0.25, -0.2) is 0 Å². The van der Waals surface area contributed by atoms with Crippen molar-refractivity contribution >= 4 is 12.3 Å². The molecule has 0 bridgehead atoms. The molecular formula is C9H10O3. The van der Waals surface area contributed by atoms with E-state index in [1.54, 1.807) is 24.3 Å². The van der Waals surface area contributed by atoms with Gasteiger partial charge in [0.15, 0.2) is 0 Å². The van der Waals surface area contributed by atoms with Crippen molar-refractivity contribution in [2.75, 3.05) is 0 Å². The summed E-state index contributed by atoms with van der Waals surface area (Å²) in [6.07, 6.45) is 7.91. The largest absolute Gasteiger partial charge is 0.481 e. The van der Waals surface area contributed by atoms with Crippen LogP contribution in [0.3, 0.4) is 0 Å². The number of carbonyl (C=O) groups is 2. The molecule has 1 aliphatic rings. The molecule has 1 rings (SSSR count). The molecule has 0 aromatic heterocycles. The molecule has 1 unspecified atom stereocenters. The van der Waals surface area contributed by atoms with E-state index in [1.165, 1.54) is 0 Å². The molecule has 1 aliphatic carbocycles. The second-order valence-electron chi connectivity index (χ2n) is 2.69. The van der Waals surface area contributed by atoms with E-state index >= 15 is 0 Å². The minimum atomic E-state index is -0.914. The third-order valence-electron chi connectivity index (χ3n) is 1.91. The van der Waals surface area contributed by atoms with Gasteiger partial charge in [-0.15, -0.1) is 0 Å². The molecule has 0 amide bonds. The molecule has 0 aromatic rings. The van der Waals surface area contributed by atoms with Crippen molar-refractivity contribution < 1.29 is 14.7 Å². The van der Waals surface area contributed by atoms with Crippen LogP contribution in [0.1, 0.15) is 6.42 Å². The van der Waals surface area contributed by atoms with E-state index in [9.17, 15) is 9.59 Å². The monoisotopic (exact) mass is 166 g/mol. The van der Waals surface area contributed by atoms with Gasteiger partial charge in [-0.05, 0) is 0 Å². The van der Waals surface area contributed by atoms with Crippen molar-refractivity contribution in [2.45, 2.75) is 6.42 Å². The van der Waals surface area contributed by atoms with Crippen molar-refractivity contribution in [3.05, 3.63) is 24.3 Å². The lowest BCUT2D eigenvalue weighted by Crippen LogP contribution is -2.20. The number of carboxylic acids is 1. The second-order valence-corrected chi connectivity index (χ2v) is 2.69. The van der Waals surface area contributed by atoms with Crippen LogP contribution in [0.25, 0.3) is 0 Å². The Morgan fingerprint density at radius 1 is 1.50 bits per heavy atom. The van der Waals surface area contributed by atoms with Crippen LogP contribution in [0.4, 0.5) is 0 Å². The third-order valence-corrected chi connectivity index (χ3v) is 1.91. The van der Waals surface area contributed by atoms with Gasteiger partial charge >= 0.3 is 5.97 Å². The van der Waals surface area contributed by atoms with Gasteiger partial charge in [-0.2, -0.15) is 0 Å². The van der Waals surface area contributed by atoms with Gasteiger partial charge in [-0.3, -0.25) is 4.79 Å². The Kier molecular flexibility index (Phi) is 2.80. The van der Waals surface area contributed by atoms with Crippen LogP contribution in [0.5, 0.6) is 0 Å². The quantitative estimate of drug-likeness (QED) is 0.634. The summed E-state index contributed by atoms with van der Waals surface area (Å²) < 4.78 is 0. The van der Waals surface area contributed by atoms with Crippen molar-refractivity contribution in [1.29, 1.82) is 0 Å². The van der Waals surface area contributed by atoms with Gasteiger partial charge in [0.25, 0.3) is 0 Å². The van der Waals surface area contributed by atoms with Crippen LogP contribution < -0.4 is 0 Å². The van der Waals surface area contributed by atoms with Crippen molar-refractivity contribution in [3.63, 3.8) is 0 Å². The Morgan fingerprint density at radius 2 is 2.08 bits per heavy atom. The zero-order valence-electron chi connectivity index (χ0n) is 6.51. The summed E-state index contributed by atoms with van der Waals surface area (Å²) in [5.74, 6) is -1.63. The number of aliphatic carboxylic acids is 1. The molecule has 0 aromatic carbocycles. The maximum Gasteiger partial charge on any atom is 0.307 e. The Hall–Kier alpha value is -1.38. The van der Waals surface area contributed by atoms with Gasteiger partial charge in [0.05, 0.1) is 5.92 Å². The summed E-state index contributed by atoms with van der Waals surface area (Å²) in [5, 5.41) is 8.74. The Labute approximate surface area is 70.4 Å². The molecule has 0 fully saturated rings. The van der Waals surface area contributed by atoms with E-state index < -0.39 is 11.9 Å². The van der Waals surface area contributed by atoms with E-state index in [1.807, 2.05) is 0 Å². The molecule has 1 N–H and O–H groups in total. The summed E-state index contributed by atoms with van der Waals surface area (Å²) in [6.45, 7) is 0. The summed E-state index contributed by atoms with van der Waals surface area (Å²) >= 11 is 0. The topological polar surface area (TPSA) is 54.4 Å². The first kappa shape index (κ1) is 8.71. The van der Waals surface area contributed by atoms with E-state index in [2.05, 4.69) is 0 Å². The molecule has 0 aliphatic heterocycles. The Morgan fingerprint density at radius 3 is 2.50 bits per heavy atom. The fraction of sp³-hybridized carbons (Fsp3) is 0.333. The molecule has 0 radical (unpaired) electrons. The summed E-state index contributed by atoms with van der Waals surface area (Å²) in [4.78, 5) is 20.8. The van der Waals surface area contributed by atoms with E-state index in [-0.39, 0.29) is 12.3 Å². The third kappa shape index (κ3) is 1.81. The molecule has 0 saturated carbocycles. The number of allylic oxidation sites excluding steroid dienone is 4. The minimum absolute atomic E-state index is 0.0781. The van der Waals surface area contributed by atoms with Crippen LogP contribution in [0.2, 0.25) is 0 Å². The molecule has 64 valence electrons. The van der Waals surface area contributed by atoms with Gasteiger partial charge in [0, 0.05) is 12.3 Å². The predicted molar refractivity (Wildman–Crippen MR) is 43.6 cm³/mol. The van der Waals surface area contributed by atoms with Crippen molar-refractivity contribution in [1.82, 2.24) is 0 Å². The highest BCUT2D eigenvalue weighted by molar-refractivity contribution is 5.74. The van der Waals surface area contributed by atoms with Gasteiger partial charge in [-0.1, -0.05) is 24.3 Å². The molecule has 12 heavy (non-hydrogen) atoms. The smallest absolute Gasteiger partial charge is 0.307 e. The number of rotatable bonds is 4. The lowest BCUT2D eigenvalue weighted by molar-refractivity contribution is -0.143. The normalized spacial score (nSPS) is 18.0. The molecule has 0 heterocycles. The number of hydrogen-bond acceptors (Lipinski definition) is 2. The predicted octanol–water partition coefficient (Wildman–Crippen LogP) is 1.02. The first-order valence-electron chi connectivity index (χ1n) is 3.77. The van der Waals surface area contributed by atoms with E-state index in [4.69, 9.17) is 5.11 Å². The highest BCUT2D eigenvalue weighted by atomic mass is 16.4. The summed E-state index contributed by atoms with van der Waals surface area (Å²) in [6, 6.07) is 0. The molecule has 0 spiro atoms. The first-order valence-corrected chi connectivity index (χ1v) is 3.77. The molecule has 3 heteroatoms. The molecule has 0 saturated heterocycles. The standard InChI is InChI=1S/C9H10O3/c10-6-5-8(9(11)12)7-3-1-2-4-7/h1-4,6-8H,5H2,(H,11,12). The lowest BCUT2D eigenvalue weighted by Gasteiger charge is -2.12. The average Bonchev–Trinajstić information content (AvgIpc) is 2.51. The number of carboxylic acid groups (broad SMARTS) is 1. The van der Waals surface area contributed by atoms with Crippen LogP contribution in [-0.2, 0) is 9.59 Å². The number of aldehydes is 1. The zero-order chi connectivity index (χ0) is 8.97. The summed E-state index contributed by atoms with van der Waals surface area (Å²) in [7, 11) is 0. The van der Waals surface area contributed by atoms with E-state index in [0.717, 1.165) is 0 Å². The van der Waals surface area contributed by atoms with Gasteiger partial charge in [0.1, 0.15) is 6.29 Å². The van der Waals surface area contributed by atoms with Crippen LogP contribution in [0, 0.1) is 11.8 Å². The highest BCUT2D eigenvalue weighted by Crippen LogP contribution is 2.21. The van der Waals surface area contributed by atoms with Gasteiger partial charge < -0.3 is 9.90 Å². The maximum absolute atomic E-state index is 10.6. The van der Waals surface area contributed by atoms with Crippen molar-refractivity contribution in [2.24, 2.45) is 11.8 Å². The number of carbonyl (C=O) groups excluding carboxylic acids is 1. The molecular weight excluding hydrogens is 156 g/mol. The average molecular weight is 166 g/mol. The number of hydrogen-bond donors (Lipinski definition) is 1. The highest BCUT2D eigenvalue weighted by Gasteiger charge is 2.24. The lowest BCUT2D eigenvalue weighted by atomic mass is 9.91. The fourth-order valence-corrected chi connectivity index (χ4v) is 1.24. The van der Waals surface area contributed by atoms with Gasteiger partial charge in [0.2, 0.25) is 0 Å².